The number of quaternary nitrogens is 1. The van der Waals surface area contributed by atoms with Crippen LogP contribution < -0.4 is 19.3 Å². The molecule has 1 fully saturated rings. The Morgan fingerprint density at radius 1 is 1.12 bits per heavy atom. The molecule has 1 saturated heterocycles. The van der Waals surface area contributed by atoms with Gasteiger partial charge in [0.15, 0.2) is 0 Å². The Balaban J connectivity index is 1.43. The van der Waals surface area contributed by atoms with Gasteiger partial charge >= 0.3 is 0 Å². The molecule has 0 amide bonds. The van der Waals surface area contributed by atoms with Gasteiger partial charge in [0.25, 0.3) is 0 Å². The number of hydrogen-bond acceptors (Lipinski definition) is 4. The smallest absolute Gasteiger partial charge is 0.146 e. The highest BCUT2D eigenvalue weighted by Gasteiger charge is 2.24. The SMILES string of the molecule is COc1cccc(OC[C@@H](O)C[NH+]2CCN(c3ccccc3F)CC2)c1. The van der Waals surface area contributed by atoms with E-state index < -0.39 is 6.10 Å². The monoisotopic (exact) mass is 361 g/mol. The average Bonchev–Trinajstić information content (AvgIpc) is 2.68. The summed E-state index contributed by atoms with van der Waals surface area (Å²) < 4.78 is 24.7. The Hall–Kier alpha value is -2.31. The molecule has 0 aromatic heterocycles. The van der Waals surface area contributed by atoms with Gasteiger partial charge in [0.05, 0.1) is 39.0 Å². The van der Waals surface area contributed by atoms with Crippen molar-refractivity contribution in [3.63, 3.8) is 0 Å². The number of rotatable bonds is 7. The van der Waals surface area contributed by atoms with Crippen molar-refractivity contribution in [2.45, 2.75) is 6.10 Å². The number of aliphatic hydroxyl groups excluding tert-OH is 1. The van der Waals surface area contributed by atoms with E-state index in [1.54, 1.807) is 19.2 Å². The second-order valence-corrected chi connectivity index (χ2v) is 6.54. The number of methoxy groups -OCH3 is 1. The summed E-state index contributed by atoms with van der Waals surface area (Å²) >= 11 is 0. The van der Waals surface area contributed by atoms with Crippen LogP contribution in [-0.4, -0.2) is 57.7 Å². The second kappa shape index (κ2) is 8.87. The number of hydrogen-bond donors (Lipinski definition) is 2. The molecule has 3 rings (SSSR count). The molecule has 6 heteroatoms. The van der Waals surface area contributed by atoms with Crippen molar-refractivity contribution < 1.29 is 23.9 Å². The van der Waals surface area contributed by atoms with E-state index in [0.29, 0.717) is 18.0 Å². The molecular formula is C20H26FN2O3+. The largest absolute Gasteiger partial charge is 0.497 e. The van der Waals surface area contributed by atoms with Crippen LogP contribution in [-0.2, 0) is 0 Å². The molecule has 0 unspecified atom stereocenters. The summed E-state index contributed by atoms with van der Waals surface area (Å²) in [5.41, 5.74) is 0.661. The van der Waals surface area contributed by atoms with Gasteiger partial charge in [0, 0.05) is 6.07 Å². The predicted octanol–water partition coefficient (Wildman–Crippen LogP) is 0.979. The molecule has 1 aliphatic heterocycles. The lowest BCUT2D eigenvalue weighted by molar-refractivity contribution is -0.903. The van der Waals surface area contributed by atoms with Crippen LogP contribution in [0.2, 0.25) is 0 Å². The van der Waals surface area contributed by atoms with Crippen molar-refractivity contribution in [3.05, 3.63) is 54.3 Å². The maximum Gasteiger partial charge on any atom is 0.146 e. The normalized spacial score (nSPS) is 16.3. The minimum Gasteiger partial charge on any atom is -0.497 e. The summed E-state index contributed by atoms with van der Waals surface area (Å²) in [4.78, 5) is 3.37. The lowest BCUT2D eigenvalue weighted by atomic mass is 10.2. The highest BCUT2D eigenvalue weighted by atomic mass is 19.1. The lowest BCUT2D eigenvalue weighted by Gasteiger charge is -2.34. The van der Waals surface area contributed by atoms with Crippen LogP contribution in [0, 0.1) is 5.82 Å². The van der Waals surface area contributed by atoms with Crippen molar-refractivity contribution in [1.82, 2.24) is 0 Å². The predicted molar refractivity (Wildman–Crippen MR) is 98.7 cm³/mol. The van der Waals surface area contributed by atoms with Gasteiger partial charge < -0.3 is 24.4 Å². The maximum absolute atomic E-state index is 13.9. The van der Waals surface area contributed by atoms with Gasteiger partial charge in [-0.1, -0.05) is 18.2 Å². The van der Waals surface area contributed by atoms with Crippen molar-refractivity contribution in [3.8, 4) is 11.5 Å². The Labute approximate surface area is 153 Å². The van der Waals surface area contributed by atoms with E-state index >= 15 is 0 Å². The third-order valence-electron chi connectivity index (χ3n) is 4.67. The van der Waals surface area contributed by atoms with Gasteiger partial charge in [-0.15, -0.1) is 0 Å². The molecule has 5 nitrogen and oxygen atoms in total. The van der Waals surface area contributed by atoms with Crippen LogP contribution >= 0.6 is 0 Å². The zero-order chi connectivity index (χ0) is 18.4. The fourth-order valence-corrected chi connectivity index (χ4v) is 3.25. The fourth-order valence-electron chi connectivity index (χ4n) is 3.25. The molecular weight excluding hydrogens is 335 g/mol. The molecule has 1 heterocycles. The topological polar surface area (TPSA) is 46.4 Å². The number of nitrogens with zero attached hydrogens (tertiary/aromatic N) is 1. The number of nitrogens with one attached hydrogen (secondary N) is 1. The number of piperazine rings is 1. The molecule has 140 valence electrons. The molecule has 2 N–H and O–H groups in total. The summed E-state index contributed by atoms with van der Waals surface area (Å²) in [6, 6.07) is 14.2. The standard InChI is InChI=1S/C20H25FN2O3/c1-25-17-5-4-6-18(13-17)26-15-16(24)14-22-9-11-23(12-10-22)20-8-3-2-7-19(20)21/h2-8,13,16,24H,9-12,14-15H2,1H3/p+1/t16-/m0/s1. The highest BCUT2D eigenvalue weighted by Crippen LogP contribution is 2.19. The Kier molecular flexibility index (Phi) is 6.30. The molecule has 1 atom stereocenters. The summed E-state index contributed by atoms with van der Waals surface area (Å²) in [5, 5.41) is 10.3. The Morgan fingerprint density at radius 3 is 2.58 bits per heavy atom. The third-order valence-corrected chi connectivity index (χ3v) is 4.67. The summed E-state index contributed by atoms with van der Waals surface area (Å²) in [5.74, 6) is 1.23. The van der Waals surface area contributed by atoms with Crippen LogP contribution in [0.5, 0.6) is 11.5 Å². The van der Waals surface area contributed by atoms with Gasteiger partial charge in [0.2, 0.25) is 0 Å². The van der Waals surface area contributed by atoms with Crippen molar-refractivity contribution >= 4 is 5.69 Å². The van der Waals surface area contributed by atoms with E-state index in [-0.39, 0.29) is 12.4 Å². The molecule has 0 aliphatic carbocycles. The number of ether oxygens (including phenoxy) is 2. The van der Waals surface area contributed by atoms with Crippen LogP contribution in [0.25, 0.3) is 0 Å². The van der Waals surface area contributed by atoms with Crippen molar-refractivity contribution in [2.24, 2.45) is 0 Å². The zero-order valence-electron chi connectivity index (χ0n) is 15.0. The number of para-hydroxylation sites is 1. The van der Waals surface area contributed by atoms with Crippen LogP contribution in [0.3, 0.4) is 0 Å². The van der Waals surface area contributed by atoms with Gasteiger partial charge in [-0.2, -0.15) is 0 Å². The van der Waals surface area contributed by atoms with Gasteiger partial charge in [-0.05, 0) is 24.3 Å². The van der Waals surface area contributed by atoms with Crippen LogP contribution in [0.4, 0.5) is 10.1 Å². The maximum atomic E-state index is 13.9. The van der Waals surface area contributed by atoms with Crippen molar-refractivity contribution in [1.29, 1.82) is 0 Å². The fraction of sp³-hybridized carbons (Fsp3) is 0.400. The number of benzene rings is 2. The van der Waals surface area contributed by atoms with Crippen LogP contribution in [0.1, 0.15) is 0 Å². The first kappa shape index (κ1) is 18.5. The second-order valence-electron chi connectivity index (χ2n) is 6.54. The average molecular weight is 361 g/mol. The Bertz CT molecular complexity index is 705. The van der Waals surface area contributed by atoms with E-state index in [0.717, 1.165) is 31.9 Å². The molecule has 2 aromatic rings. The van der Waals surface area contributed by atoms with Crippen LogP contribution in [0.15, 0.2) is 48.5 Å². The van der Waals surface area contributed by atoms with E-state index in [1.807, 2.05) is 30.3 Å². The first-order valence-corrected chi connectivity index (χ1v) is 8.93. The summed E-state index contributed by atoms with van der Waals surface area (Å²) in [7, 11) is 1.61. The van der Waals surface area contributed by atoms with Gasteiger partial charge in [0.1, 0.15) is 36.6 Å². The molecule has 0 radical (unpaired) electrons. The third kappa shape index (κ3) is 4.86. The molecule has 0 bridgehead atoms. The zero-order valence-corrected chi connectivity index (χ0v) is 15.0. The van der Waals surface area contributed by atoms with Gasteiger partial charge in [-0.3, -0.25) is 0 Å². The van der Waals surface area contributed by atoms with E-state index in [9.17, 15) is 9.50 Å². The minimum absolute atomic E-state index is 0.178. The van der Waals surface area contributed by atoms with E-state index in [4.69, 9.17) is 9.47 Å². The van der Waals surface area contributed by atoms with E-state index in [2.05, 4.69) is 4.90 Å². The number of halogens is 1. The van der Waals surface area contributed by atoms with Gasteiger partial charge in [-0.25, -0.2) is 4.39 Å². The first-order chi connectivity index (χ1) is 12.7. The lowest BCUT2D eigenvalue weighted by Crippen LogP contribution is -3.16. The number of anilines is 1. The molecule has 0 saturated carbocycles. The quantitative estimate of drug-likeness (QED) is 0.772. The first-order valence-electron chi connectivity index (χ1n) is 8.93. The Morgan fingerprint density at radius 2 is 1.85 bits per heavy atom. The minimum atomic E-state index is -0.545. The summed E-state index contributed by atoms with van der Waals surface area (Å²) in [6.07, 6.45) is -0.545. The number of aliphatic hydroxyl groups is 1. The molecule has 26 heavy (non-hydrogen) atoms. The highest BCUT2D eigenvalue weighted by molar-refractivity contribution is 5.47. The van der Waals surface area contributed by atoms with Crippen molar-refractivity contribution in [2.75, 3.05) is 51.3 Å². The van der Waals surface area contributed by atoms with E-state index in [1.165, 1.54) is 11.0 Å². The molecule has 2 aromatic carbocycles. The summed E-state index contributed by atoms with van der Waals surface area (Å²) in [6.45, 7) is 4.15. The molecule has 0 spiro atoms. The molecule has 1 aliphatic rings.